The first kappa shape index (κ1) is 24.5. The van der Waals surface area contributed by atoms with Gasteiger partial charge in [-0.3, -0.25) is 4.79 Å². The van der Waals surface area contributed by atoms with E-state index >= 15 is 0 Å². The normalized spacial score (nSPS) is 13.8. The predicted molar refractivity (Wildman–Crippen MR) is 136 cm³/mol. The van der Waals surface area contributed by atoms with Gasteiger partial charge in [-0.1, -0.05) is 42.5 Å². The van der Waals surface area contributed by atoms with Crippen molar-refractivity contribution in [3.63, 3.8) is 0 Å². The van der Waals surface area contributed by atoms with E-state index in [-0.39, 0.29) is 29.9 Å². The average Bonchev–Trinajstić information content (AvgIpc) is 3.15. The first-order valence-electron chi connectivity index (χ1n) is 10.3. The minimum Gasteiger partial charge on any atom is -0.357 e. The minimum absolute atomic E-state index is 0. The highest BCUT2D eigenvalue weighted by atomic mass is 127. The number of carbonyl (C=O) groups excluding carboxylic acids is 1. The molecule has 162 valence electrons. The van der Waals surface area contributed by atoms with Crippen molar-refractivity contribution in [3.05, 3.63) is 65.7 Å². The maximum absolute atomic E-state index is 11.8. The van der Waals surface area contributed by atoms with E-state index in [9.17, 15) is 4.79 Å². The molecule has 1 aliphatic rings. The molecular weight excluding hydrogens is 507 g/mol. The van der Waals surface area contributed by atoms with Gasteiger partial charge >= 0.3 is 0 Å². The molecule has 7 heteroatoms. The van der Waals surface area contributed by atoms with Crippen molar-refractivity contribution in [3.8, 4) is 0 Å². The first-order valence-corrected chi connectivity index (χ1v) is 11.3. The third-order valence-electron chi connectivity index (χ3n) is 4.74. The Morgan fingerprint density at radius 1 is 1.07 bits per heavy atom. The molecule has 0 spiro atoms. The predicted octanol–water partition coefficient (Wildman–Crippen LogP) is 4.27. The maximum Gasteiger partial charge on any atom is 0.222 e. The number of nitrogens with one attached hydrogen (secondary N) is 2. The van der Waals surface area contributed by atoms with Crippen molar-refractivity contribution in [2.24, 2.45) is 4.99 Å². The number of halogens is 1. The molecule has 1 saturated heterocycles. The molecule has 0 saturated carbocycles. The molecule has 1 fully saturated rings. The van der Waals surface area contributed by atoms with E-state index in [1.54, 1.807) is 0 Å². The highest BCUT2D eigenvalue weighted by molar-refractivity contribution is 14.0. The molecule has 0 atom stereocenters. The van der Waals surface area contributed by atoms with Gasteiger partial charge in [0.15, 0.2) is 5.96 Å². The summed E-state index contributed by atoms with van der Waals surface area (Å²) < 4.78 is 0. The van der Waals surface area contributed by atoms with E-state index in [0.717, 1.165) is 43.3 Å². The fourth-order valence-electron chi connectivity index (χ4n) is 3.21. The zero-order valence-corrected chi connectivity index (χ0v) is 20.6. The van der Waals surface area contributed by atoms with Crippen LogP contribution in [0.5, 0.6) is 0 Å². The molecule has 0 radical (unpaired) electrons. The van der Waals surface area contributed by atoms with E-state index in [1.807, 2.05) is 22.7 Å². The number of guanidine groups is 1. The Bertz CT molecular complexity index is 799. The lowest BCUT2D eigenvalue weighted by Crippen LogP contribution is -2.38. The molecule has 1 aliphatic heterocycles. The third-order valence-corrected chi connectivity index (χ3v) is 5.75. The molecule has 0 bridgehead atoms. The number of amides is 1. The second-order valence-electron chi connectivity index (χ2n) is 7.02. The van der Waals surface area contributed by atoms with Crippen molar-refractivity contribution < 1.29 is 4.79 Å². The van der Waals surface area contributed by atoms with Crippen molar-refractivity contribution in [1.29, 1.82) is 0 Å². The zero-order chi connectivity index (χ0) is 20.3. The topological polar surface area (TPSA) is 56.7 Å². The molecule has 30 heavy (non-hydrogen) atoms. The average molecular weight is 538 g/mol. The number of hydrogen-bond acceptors (Lipinski definition) is 3. The summed E-state index contributed by atoms with van der Waals surface area (Å²) >= 11 is 1.84. The summed E-state index contributed by atoms with van der Waals surface area (Å²) in [7, 11) is 0. The standard InChI is InChI=1S/C23H30N4OS.HI/c1-2-24-23(25-14-16-29-21-7-4-3-5-8-21)26-17-19-10-12-20(13-11-19)18-27-15-6-9-22(27)28;/h3-5,7-8,10-13H,2,6,9,14-18H2,1H3,(H2,24,25,26);1H. The van der Waals surface area contributed by atoms with E-state index in [4.69, 9.17) is 4.99 Å². The van der Waals surface area contributed by atoms with Crippen LogP contribution in [0.25, 0.3) is 0 Å². The third kappa shape index (κ3) is 8.18. The van der Waals surface area contributed by atoms with Gasteiger partial charge in [-0.15, -0.1) is 35.7 Å². The number of rotatable bonds is 9. The lowest BCUT2D eigenvalue weighted by Gasteiger charge is -2.15. The largest absolute Gasteiger partial charge is 0.357 e. The number of likely N-dealkylation sites (tertiary alicyclic amines) is 1. The van der Waals surface area contributed by atoms with Crippen molar-refractivity contribution in [2.75, 3.05) is 25.4 Å². The molecule has 1 amide bonds. The Balaban J connectivity index is 0.00000320. The van der Waals surface area contributed by atoms with Gasteiger partial charge in [0.2, 0.25) is 5.91 Å². The van der Waals surface area contributed by atoms with Gasteiger partial charge in [-0.05, 0) is 36.6 Å². The lowest BCUT2D eigenvalue weighted by atomic mass is 10.1. The van der Waals surface area contributed by atoms with Gasteiger partial charge in [-0.25, -0.2) is 4.99 Å². The molecule has 2 N–H and O–H groups in total. The Kier molecular flexibility index (Phi) is 11.1. The second kappa shape index (κ2) is 13.5. The minimum atomic E-state index is 0. The van der Waals surface area contributed by atoms with Gasteiger partial charge in [0.1, 0.15) is 0 Å². The summed E-state index contributed by atoms with van der Waals surface area (Å²) in [6.45, 7) is 5.99. The highest BCUT2D eigenvalue weighted by Gasteiger charge is 2.19. The molecule has 0 unspecified atom stereocenters. The van der Waals surface area contributed by atoms with Crippen LogP contribution in [0, 0.1) is 0 Å². The summed E-state index contributed by atoms with van der Waals surface area (Å²) in [5.41, 5.74) is 2.34. The molecule has 2 aromatic rings. The second-order valence-corrected chi connectivity index (χ2v) is 8.19. The van der Waals surface area contributed by atoms with Crippen molar-refractivity contribution in [2.45, 2.75) is 37.8 Å². The quantitative estimate of drug-likeness (QED) is 0.165. The van der Waals surface area contributed by atoms with E-state index in [0.29, 0.717) is 19.5 Å². The number of benzene rings is 2. The monoisotopic (exact) mass is 538 g/mol. The fraction of sp³-hybridized carbons (Fsp3) is 0.391. The number of aliphatic imine (C=N–C) groups is 1. The SMILES string of the molecule is CCNC(=NCc1ccc(CN2CCCC2=O)cc1)NCCSc1ccccc1.I. The zero-order valence-electron chi connectivity index (χ0n) is 17.5. The first-order chi connectivity index (χ1) is 14.2. The summed E-state index contributed by atoms with van der Waals surface area (Å²) in [6.07, 6.45) is 1.67. The molecular formula is C23H31IN4OS. The van der Waals surface area contributed by atoms with Gasteiger partial charge in [0, 0.05) is 43.2 Å². The van der Waals surface area contributed by atoms with E-state index < -0.39 is 0 Å². The highest BCUT2D eigenvalue weighted by Crippen LogP contribution is 2.16. The number of nitrogens with zero attached hydrogens (tertiary/aromatic N) is 2. The van der Waals surface area contributed by atoms with Crippen LogP contribution in [0.1, 0.15) is 30.9 Å². The van der Waals surface area contributed by atoms with Crippen LogP contribution >= 0.6 is 35.7 Å². The fourth-order valence-corrected chi connectivity index (χ4v) is 4.00. The number of carbonyl (C=O) groups is 1. The van der Waals surface area contributed by atoms with Gasteiger partial charge in [0.05, 0.1) is 6.54 Å². The molecule has 2 aromatic carbocycles. The van der Waals surface area contributed by atoms with Gasteiger partial charge in [-0.2, -0.15) is 0 Å². The van der Waals surface area contributed by atoms with E-state index in [1.165, 1.54) is 10.5 Å². The van der Waals surface area contributed by atoms with Crippen LogP contribution in [0.3, 0.4) is 0 Å². The summed E-state index contributed by atoms with van der Waals surface area (Å²) in [4.78, 5) is 19.7. The van der Waals surface area contributed by atoms with Crippen LogP contribution in [0.15, 0.2) is 64.5 Å². The maximum atomic E-state index is 11.8. The van der Waals surface area contributed by atoms with E-state index in [2.05, 4.69) is 66.1 Å². The van der Waals surface area contributed by atoms with Gasteiger partial charge < -0.3 is 15.5 Å². The number of thioether (sulfide) groups is 1. The Morgan fingerprint density at radius 2 is 1.80 bits per heavy atom. The summed E-state index contributed by atoms with van der Waals surface area (Å²) in [5.74, 6) is 2.09. The van der Waals surface area contributed by atoms with Gasteiger partial charge in [0.25, 0.3) is 0 Å². The number of hydrogen-bond donors (Lipinski definition) is 2. The van der Waals surface area contributed by atoms with Crippen LogP contribution in [-0.4, -0.2) is 42.2 Å². The van der Waals surface area contributed by atoms with Crippen molar-refractivity contribution in [1.82, 2.24) is 15.5 Å². The molecule has 3 rings (SSSR count). The van der Waals surface area contributed by atoms with Crippen molar-refractivity contribution >= 4 is 47.6 Å². The summed E-state index contributed by atoms with van der Waals surface area (Å²) in [6, 6.07) is 18.9. The van der Waals surface area contributed by atoms with Crippen LogP contribution in [-0.2, 0) is 17.9 Å². The molecule has 0 aromatic heterocycles. The van der Waals surface area contributed by atoms with Crippen LogP contribution in [0.2, 0.25) is 0 Å². The lowest BCUT2D eigenvalue weighted by molar-refractivity contribution is -0.128. The molecule has 0 aliphatic carbocycles. The molecule has 5 nitrogen and oxygen atoms in total. The summed E-state index contributed by atoms with van der Waals surface area (Å²) in [5, 5.41) is 6.70. The Hall–Kier alpha value is -1.74. The Morgan fingerprint density at radius 3 is 2.47 bits per heavy atom. The Labute approximate surface area is 201 Å². The smallest absolute Gasteiger partial charge is 0.222 e. The molecule has 1 heterocycles. The van der Waals surface area contributed by atoms with Crippen LogP contribution < -0.4 is 10.6 Å². The van der Waals surface area contributed by atoms with Crippen LogP contribution in [0.4, 0.5) is 0 Å².